The molecular weight excluding hydrogens is 214 g/mol. The van der Waals surface area contributed by atoms with Gasteiger partial charge >= 0.3 is 0 Å². The van der Waals surface area contributed by atoms with Crippen molar-refractivity contribution in [3.8, 4) is 11.5 Å². The lowest BCUT2D eigenvalue weighted by molar-refractivity contribution is 0.326. The van der Waals surface area contributed by atoms with Crippen LogP contribution in [0.1, 0.15) is 29.9 Å². The molecule has 3 rings (SSSR count). The number of rotatable bonds is 2. The highest BCUT2D eigenvalue weighted by Gasteiger charge is 2.25. The molecule has 0 unspecified atom stereocenters. The fourth-order valence-electron chi connectivity index (χ4n) is 2.97. The lowest BCUT2D eigenvalue weighted by Gasteiger charge is -2.25. The van der Waals surface area contributed by atoms with E-state index in [0.717, 1.165) is 37.6 Å². The number of nitrogens with one attached hydrogen (secondary N) is 1. The molecule has 1 fully saturated rings. The van der Waals surface area contributed by atoms with E-state index in [1.807, 2.05) is 0 Å². The molecule has 3 heteroatoms. The molecular formula is C14H19NO2. The molecule has 0 aliphatic carbocycles. The average Bonchev–Trinajstić information content (AvgIpc) is 2.88. The quantitative estimate of drug-likeness (QED) is 0.848. The van der Waals surface area contributed by atoms with Crippen molar-refractivity contribution < 1.29 is 9.47 Å². The van der Waals surface area contributed by atoms with Crippen LogP contribution in [0.25, 0.3) is 0 Å². The van der Waals surface area contributed by atoms with Gasteiger partial charge in [-0.3, -0.25) is 0 Å². The Labute approximate surface area is 102 Å². The second kappa shape index (κ2) is 4.57. The summed E-state index contributed by atoms with van der Waals surface area (Å²) >= 11 is 0. The van der Waals surface area contributed by atoms with E-state index in [9.17, 15) is 0 Å². The van der Waals surface area contributed by atoms with Crippen LogP contribution in [-0.4, -0.2) is 26.8 Å². The summed E-state index contributed by atoms with van der Waals surface area (Å²) in [5, 5.41) is 3.42. The third-order valence-corrected chi connectivity index (χ3v) is 3.86. The highest BCUT2D eigenvalue weighted by molar-refractivity contribution is 5.53. The van der Waals surface area contributed by atoms with Crippen molar-refractivity contribution in [1.29, 1.82) is 0 Å². The average molecular weight is 233 g/mol. The number of benzene rings is 1. The van der Waals surface area contributed by atoms with Gasteiger partial charge in [0.15, 0.2) is 11.5 Å². The lowest BCUT2D eigenvalue weighted by Crippen LogP contribution is -2.27. The molecule has 0 amide bonds. The molecule has 0 aromatic heterocycles. The molecule has 1 saturated heterocycles. The normalized spacial score (nSPS) is 19.8. The second-order valence-electron chi connectivity index (χ2n) is 4.79. The van der Waals surface area contributed by atoms with E-state index in [4.69, 9.17) is 9.47 Å². The fourth-order valence-corrected chi connectivity index (χ4v) is 2.97. The van der Waals surface area contributed by atoms with Gasteiger partial charge in [-0.1, -0.05) is 6.07 Å². The highest BCUT2D eigenvalue weighted by atomic mass is 16.5. The predicted octanol–water partition coefficient (Wildman–Crippen LogP) is 2.10. The maximum absolute atomic E-state index is 5.71. The third-order valence-electron chi connectivity index (χ3n) is 3.86. The Hall–Kier alpha value is -1.22. The standard InChI is InChI=1S/C14H19NO2/c1-16-13-3-2-11(10-4-7-15-8-5-10)12-6-9-17-14(12)13/h2-3,10,15H,4-9H2,1H3. The van der Waals surface area contributed by atoms with Crippen LogP contribution in [-0.2, 0) is 6.42 Å². The zero-order chi connectivity index (χ0) is 11.7. The fraction of sp³-hybridized carbons (Fsp3) is 0.571. The van der Waals surface area contributed by atoms with E-state index in [1.54, 1.807) is 7.11 Å². The molecule has 2 aliphatic heterocycles. The largest absolute Gasteiger partial charge is 0.493 e. The molecule has 2 aliphatic rings. The third kappa shape index (κ3) is 1.89. The number of methoxy groups -OCH3 is 1. The predicted molar refractivity (Wildman–Crippen MR) is 67.0 cm³/mol. The van der Waals surface area contributed by atoms with Crippen molar-refractivity contribution in [2.45, 2.75) is 25.2 Å². The van der Waals surface area contributed by atoms with Gasteiger partial charge in [0, 0.05) is 12.0 Å². The zero-order valence-corrected chi connectivity index (χ0v) is 10.3. The Bertz CT molecular complexity index is 411. The maximum atomic E-state index is 5.71. The van der Waals surface area contributed by atoms with Crippen molar-refractivity contribution in [2.24, 2.45) is 0 Å². The van der Waals surface area contributed by atoms with Crippen molar-refractivity contribution in [3.63, 3.8) is 0 Å². The summed E-state index contributed by atoms with van der Waals surface area (Å²) in [7, 11) is 1.71. The van der Waals surface area contributed by atoms with Crippen LogP contribution >= 0.6 is 0 Å². The van der Waals surface area contributed by atoms with Crippen LogP contribution in [0.15, 0.2) is 12.1 Å². The van der Waals surface area contributed by atoms with Gasteiger partial charge < -0.3 is 14.8 Å². The molecule has 0 spiro atoms. The molecule has 0 atom stereocenters. The van der Waals surface area contributed by atoms with Crippen molar-refractivity contribution >= 4 is 0 Å². The first-order chi connectivity index (χ1) is 8.40. The first-order valence-corrected chi connectivity index (χ1v) is 6.43. The summed E-state index contributed by atoms with van der Waals surface area (Å²) < 4.78 is 11.1. The molecule has 92 valence electrons. The van der Waals surface area contributed by atoms with Crippen molar-refractivity contribution in [2.75, 3.05) is 26.8 Å². The van der Waals surface area contributed by atoms with Crippen LogP contribution in [0.2, 0.25) is 0 Å². The van der Waals surface area contributed by atoms with Crippen LogP contribution in [0.3, 0.4) is 0 Å². The van der Waals surface area contributed by atoms with Crippen molar-refractivity contribution in [1.82, 2.24) is 5.32 Å². The Morgan fingerprint density at radius 1 is 1.29 bits per heavy atom. The van der Waals surface area contributed by atoms with Gasteiger partial charge in [-0.05, 0) is 43.5 Å². The van der Waals surface area contributed by atoms with E-state index in [2.05, 4.69) is 17.4 Å². The minimum atomic E-state index is 0.692. The number of piperidine rings is 1. The van der Waals surface area contributed by atoms with Crippen LogP contribution in [0.5, 0.6) is 11.5 Å². The molecule has 1 aromatic rings. The molecule has 3 nitrogen and oxygen atoms in total. The van der Waals surface area contributed by atoms with Gasteiger partial charge in [0.05, 0.1) is 13.7 Å². The summed E-state index contributed by atoms with van der Waals surface area (Å²) in [4.78, 5) is 0. The zero-order valence-electron chi connectivity index (χ0n) is 10.3. The smallest absolute Gasteiger partial charge is 0.164 e. The van der Waals surface area contributed by atoms with Gasteiger partial charge in [0.1, 0.15) is 0 Å². The molecule has 0 saturated carbocycles. The van der Waals surface area contributed by atoms with E-state index in [-0.39, 0.29) is 0 Å². The van der Waals surface area contributed by atoms with E-state index >= 15 is 0 Å². The van der Waals surface area contributed by atoms with E-state index in [0.29, 0.717) is 5.92 Å². The summed E-state index contributed by atoms with van der Waals surface area (Å²) in [6.45, 7) is 3.06. The number of ether oxygens (including phenoxy) is 2. The minimum absolute atomic E-state index is 0.692. The van der Waals surface area contributed by atoms with Gasteiger partial charge in [-0.15, -0.1) is 0 Å². The first-order valence-electron chi connectivity index (χ1n) is 6.43. The van der Waals surface area contributed by atoms with Crippen LogP contribution in [0.4, 0.5) is 0 Å². The Kier molecular flexibility index (Phi) is 2.93. The molecule has 0 bridgehead atoms. The van der Waals surface area contributed by atoms with Crippen LogP contribution in [0, 0.1) is 0 Å². The molecule has 0 radical (unpaired) electrons. The summed E-state index contributed by atoms with van der Waals surface area (Å²) in [5.41, 5.74) is 2.87. The Balaban J connectivity index is 1.97. The van der Waals surface area contributed by atoms with Gasteiger partial charge in [-0.2, -0.15) is 0 Å². The van der Waals surface area contributed by atoms with Gasteiger partial charge in [0.2, 0.25) is 0 Å². The first kappa shape index (κ1) is 10.9. The van der Waals surface area contributed by atoms with E-state index in [1.165, 1.54) is 24.0 Å². The number of hydrogen-bond acceptors (Lipinski definition) is 3. The van der Waals surface area contributed by atoms with Gasteiger partial charge in [-0.25, -0.2) is 0 Å². The maximum Gasteiger partial charge on any atom is 0.164 e. The Morgan fingerprint density at radius 3 is 2.88 bits per heavy atom. The van der Waals surface area contributed by atoms with E-state index < -0.39 is 0 Å². The van der Waals surface area contributed by atoms with Gasteiger partial charge in [0.25, 0.3) is 0 Å². The molecule has 17 heavy (non-hydrogen) atoms. The highest BCUT2D eigenvalue weighted by Crippen LogP contribution is 2.41. The minimum Gasteiger partial charge on any atom is -0.493 e. The van der Waals surface area contributed by atoms with Crippen molar-refractivity contribution in [3.05, 3.63) is 23.3 Å². The Morgan fingerprint density at radius 2 is 2.12 bits per heavy atom. The summed E-state index contributed by atoms with van der Waals surface area (Å²) in [6.07, 6.45) is 3.50. The molecule has 1 aromatic carbocycles. The SMILES string of the molecule is COc1ccc(C2CCNCC2)c2c1OCC2. The topological polar surface area (TPSA) is 30.5 Å². The summed E-state index contributed by atoms with van der Waals surface area (Å²) in [6, 6.07) is 4.30. The second-order valence-corrected chi connectivity index (χ2v) is 4.79. The van der Waals surface area contributed by atoms with Crippen LogP contribution < -0.4 is 14.8 Å². The molecule has 1 N–H and O–H groups in total. The molecule has 2 heterocycles. The number of hydrogen-bond donors (Lipinski definition) is 1. The number of fused-ring (bicyclic) bond motifs is 1. The lowest BCUT2D eigenvalue weighted by atomic mass is 9.86. The summed E-state index contributed by atoms with van der Waals surface area (Å²) in [5.74, 6) is 2.57. The monoisotopic (exact) mass is 233 g/mol.